The van der Waals surface area contributed by atoms with Gasteiger partial charge in [0.25, 0.3) is 0 Å². The van der Waals surface area contributed by atoms with Gasteiger partial charge in [-0.05, 0) is 67.2 Å². The Morgan fingerprint density at radius 1 is 0.955 bits per heavy atom. The van der Waals surface area contributed by atoms with Crippen molar-refractivity contribution in [1.29, 1.82) is 0 Å². The first-order valence-electron chi connectivity index (χ1n) is 6.27. The van der Waals surface area contributed by atoms with Gasteiger partial charge in [0.15, 0.2) is 5.11 Å². The van der Waals surface area contributed by atoms with E-state index in [1.54, 1.807) is 13.0 Å². The normalized spacial score (nSPS) is 11.1. The molecular weight excluding hydrogens is 316 g/mol. The number of halogens is 4. The maximum Gasteiger partial charge on any atom is 0.416 e. The Labute approximate surface area is 130 Å². The molecule has 0 radical (unpaired) electrons. The SMILES string of the molecule is Cc1cc(NC(=S)Nc2ccc(C(F)(F)F)cc2)ccc1F. The number of alkyl halides is 3. The lowest BCUT2D eigenvalue weighted by Crippen LogP contribution is -2.19. The van der Waals surface area contributed by atoms with Gasteiger partial charge in [-0.25, -0.2) is 4.39 Å². The molecular formula is C15H12F4N2S. The van der Waals surface area contributed by atoms with Crippen LogP contribution in [0.3, 0.4) is 0 Å². The highest BCUT2D eigenvalue weighted by Crippen LogP contribution is 2.29. The molecule has 0 amide bonds. The Kier molecular flexibility index (Phi) is 4.65. The Morgan fingerprint density at radius 2 is 1.50 bits per heavy atom. The minimum atomic E-state index is -4.37. The van der Waals surface area contributed by atoms with Crippen molar-refractivity contribution in [1.82, 2.24) is 0 Å². The van der Waals surface area contributed by atoms with Crippen LogP contribution >= 0.6 is 12.2 Å². The van der Waals surface area contributed by atoms with Crippen LogP contribution in [0.25, 0.3) is 0 Å². The molecule has 0 aliphatic heterocycles. The van der Waals surface area contributed by atoms with E-state index < -0.39 is 11.7 Å². The summed E-state index contributed by atoms with van der Waals surface area (Å²) >= 11 is 5.06. The molecule has 2 nitrogen and oxygen atoms in total. The number of rotatable bonds is 2. The lowest BCUT2D eigenvalue weighted by atomic mass is 10.2. The zero-order chi connectivity index (χ0) is 16.3. The van der Waals surface area contributed by atoms with Gasteiger partial charge >= 0.3 is 6.18 Å². The second-order valence-corrected chi connectivity index (χ2v) is 5.03. The maximum atomic E-state index is 13.1. The van der Waals surface area contributed by atoms with Crippen LogP contribution < -0.4 is 10.6 Å². The molecule has 0 unspecified atom stereocenters. The van der Waals surface area contributed by atoms with Crippen molar-refractivity contribution in [2.24, 2.45) is 0 Å². The van der Waals surface area contributed by atoms with Crippen LogP contribution in [0.15, 0.2) is 42.5 Å². The topological polar surface area (TPSA) is 24.1 Å². The fraction of sp³-hybridized carbons (Fsp3) is 0.133. The zero-order valence-corrected chi connectivity index (χ0v) is 12.3. The lowest BCUT2D eigenvalue weighted by Gasteiger charge is -2.12. The van der Waals surface area contributed by atoms with Gasteiger partial charge in [0, 0.05) is 11.4 Å². The zero-order valence-electron chi connectivity index (χ0n) is 11.5. The van der Waals surface area contributed by atoms with E-state index in [0.717, 1.165) is 12.1 Å². The number of anilines is 2. The quantitative estimate of drug-likeness (QED) is 0.602. The van der Waals surface area contributed by atoms with Crippen LogP contribution in [0.4, 0.5) is 28.9 Å². The summed E-state index contributed by atoms with van der Waals surface area (Å²) in [7, 11) is 0. The third-order valence-electron chi connectivity index (χ3n) is 2.89. The van der Waals surface area contributed by atoms with Gasteiger partial charge in [-0.3, -0.25) is 0 Å². The molecule has 0 spiro atoms. The van der Waals surface area contributed by atoms with Crippen molar-refractivity contribution in [2.45, 2.75) is 13.1 Å². The highest BCUT2D eigenvalue weighted by molar-refractivity contribution is 7.80. The second-order valence-electron chi connectivity index (χ2n) is 4.62. The van der Waals surface area contributed by atoms with Crippen molar-refractivity contribution in [3.63, 3.8) is 0 Å². The Balaban J connectivity index is 2.01. The fourth-order valence-electron chi connectivity index (χ4n) is 1.76. The van der Waals surface area contributed by atoms with Crippen LogP contribution in [0.2, 0.25) is 0 Å². The van der Waals surface area contributed by atoms with Gasteiger partial charge in [0.2, 0.25) is 0 Å². The maximum absolute atomic E-state index is 13.1. The number of hydrogen-bond acceptors (Lipinski definition) is 1. The summed E-state index contributed by atoms with van der Waals surface area (Å²) in [5.41, 5.74) is 0.737. The number of aryl methyl sites for hydroxylation is 1. The molecule has 0 aliphatic rings. The third-order valence-corrected chi connectivity index (χ3v) is 3.09. The average molecular weight is 328 g/mol. The monoisotopic (exact) mass is 328 g/mol. The summed E-state index contributed by atoms with van der Waals surface area (Å²) in [5, 5.41) is 5.80. The molecule has 0 bridgehead atoms. The Bertz CT molecular complexity index is 681. The molecule has 22 heavy (non-hydrogen) atoms. The van der Waals surface area contributed by atoms with E-state index in [9.17, 15) is 17.6 Å². The molecule has 0 atom stereocenters. The molecule has 0 fully saturated rings. The largest absolute Gasteiger partial charge is 0.416 e. The molecule has 0 heterocycles. The first kappa shape index (κ1) is 16.2. The standard InChI is InChI=1S/C15H12F4N2S/c1-9-8-12(6-7-13(9)16)21-14(22)20-11-4-2-10(3-5-11)15(17,18)19/h2-8H,1H3,(H2,20,21,22). The molecule has 116 valence electrons. The van der Waals surface area contributed by atoms with Gasteiger partial charge in [-0.15, -0.1) is 0 Å². The Morgan fingerprint density at radius 3 is 2.05 bits per heavy atom. The van der Waals surface area contributed by atoms with E-state index in [2.05, 4.69) is 10.6 Å². The number of benzene rings is 2. The smallest absolute Gasteiger partial charge is 0.332 e. The van der Waals surface area contributed by atoms with Crippen LogP contribution in [-0.2, 0) is 6.18 Å². The Hall–Kier alpha value is -2.15. The molecule has 0 saturated carbocycles. The summed E-state index contributed by atoms with van der Waals surface area (Å²) in [6.07, 6.45) is -4.37. The number of nitrogens with one attached hydrogen (secondary N) is 2. The van der Waals surface area contributed by atoms with Crippen molar-refractivity contribution in [3.8, 4) is 0 Å². The lowest BCUT2D eigenvalue weighted by molar-refractivity contribution is -0.137. The van der Waals surface area contributed by atoms with Crippen LogP contribution in [0.5, 0.6) is 0 Å². The highest BCUT2D eigenvalue weighted by Gasteiger charge is 2.29. The summed E-state index contributed by atoms with van der Waals surface area (Å²) < 4.78 is 50.5. The molecule has 2 aromatic carbocycles. The number of hydrogen-bond donors (Lipinski definition) is 2. The van der Waals surface area contributed by atoms with E-state index in [1.165, 1.54) is 24.3 Å². The van der Waals surface area contributed by atoms with E-state index in [-0.39, 0.29) is 10.9 Å². The van der Waals surface area contributed by atoms with Gasteiger partial charge in [0.05, 0.1) is 5.56 Å². The van der Waals surface area contributed by atoms with Crippen molar-refractivity contribution in [3.05, 3.63) is 59.4 Å². The minimum absolute atomic E-state index is 0.200. The van der Waals surface area contributed by atoms with Crippen LogP contribution in [0.1, 0.15) is 11.1 Å². The first-order chi connectivity index (χ1) is 10.3. The summed E-state index contributed by atoms with van der Waals surface area (Å²) in [6, 6.07) is 8.90. The molecule has 0 aliphatic carbocycles. The fourth-order valence-corrected chi connectivity index (χ4v) is 1.99. The van der Waals surface area contributed by atoms with Crippen LogP contribution in [-0.4, -0.2) is 5.11 Å². The van der Waals surface area contributed by atoms with E-state index in [0.29, 0.717) is 16.9 Å². The first-order valence-corrected chi connectivity index (χ1v) is 6.68. The molecule has 0 aromatic heterocycles. The number of thiocarbonyl (C=S) groups is 1. The summed E-state index contributed by atoms with van der Waals surface area (Å²) in [4.78, 5) is 0. The molecule has 2 rings (SSSR count). The van der Waals surface area contributed by atoms with E-state index >= 15 is 0 Å². The van der Waals surface area contributed by atoms with Gasteiger partial charge in [-0.2, -0.15) is 13.2 Å². The predicted octanol–water partition coefficient (Wildman–Crippen LogP) is 4.96. The van der Waals surface area contributed by atoms with E-state index in [4.69, 9.17) is 12.2 Å². The second kappa shape index (κ2) is 6.31. The molecule has 2 N–H and O–H groups in total. The highest BCUT2D eigenvalue weighted by atomic mass is 32.1. The van der Waals surface area contributed by atoms with Crippen molar-refractivity contribution >= 4 is 28.7 Å². The third kappa shape index (κ3) is 4.17. The van der Waals surface area contributed by atoms with Gasteiger partial charge < -0.3 is 10.6 Å². The van der Waals surface area contributed by atoms with Crippen LogP contribution in [0, 0.1) is 12.7 Å². The van der Waals surface area contributed by atoms with Crippen molar-refractivity contribution in [2.75, 3.05) is 10.6 Å². The summed E-state index contributed by atoms with van der Waals surface area (Å²) in [6.45, 7) is 1.62. The average Bonchev–Trinajstić information content (AvgIpc) is 2.42. The van der Waals surface area contributed by atoms with E-state index in [1.807, 2.05) is 0 Å². The molecule has 0 saturated heterocycles. The van der Waals surface area contributed by atoms with Gasteiger partial charge in [-0.1, -0.05) is 0 Å². The minimum Gasteiger partial charge on any atom is -0.332 e. The summed E-state index contributed by atoms with van der Waals surface area (Å²) in [5.74, 6) is -0.327. The van der Waals surface area contributed by atoms with Crippen molar-refractivity contribution < 1.29 is 17.6 Å². The van der Waals surface area contributed by atoms with Gasteiger partial charge in [0.1, 0.15) is 5.82 Å². The predicted molar refractivity (Wildman–Crippen MR) is 82.4 cm³/mol. The molecule has 2 aromatic rings. The molecule has 7 heteroatoms.